The molecular weight excluding hydrogens is 330 g/mol. The van der Waals surface area contributed by atoms with Crippen molar-refractivity contribution >= 4 is 27.9 Å². The van der Waals surface area contributed by atoms with Gasteiger partial charge >= 0.3 is 11.9 Å². The lowest BCUT2D eigenvalue weighted by Crippen LogP contribution is -2.29. The highest BCUT2D eigenvalue weighted by molar-refractivity contribution is 9.10. The summed E-state index contributed by atoms with van der Waals surface area (Å²) in [6, 6.07) is 8.61. The van der Waals surface area contributed by atoms with Crippen molar-refractivity contribution in [3.8, 4) is 0 Å². The molecule has 0 saturated carbocycles. The van der Waals surface area contributed by atoms with Gasteiger partial charge in [0.15, 0.2) is 0 Å². The van der Waals surface area contributed by atoms with Crippen LogP contribution in [0.2, 0.25) is 0 Å². The van der Waals surface area contributed by atoms with Crippen LogP contribution in [0.25, 0.3) is 0 Å². The first-order valence-corrected chi connectivity index (χ1v) is 6.59. The van der Waals surface area contributed by atoms with E-state index in [0.717, 1.165) is 17.6 Å². The SMILES string of the molecule is COCC(C)NCc1ccccc1Br.O=C(O)C(=O)O. The van der Waals surface area contributed by atoms with Crippen LogP contribution in [-0.4, -0.2) is 41.9 Å². The molecule has 3 N–H and O–H groups in total. The van der Waals surface area contributed by atoms with Crippen LogP contribution in [0.1, 0.15) is 12.5 Å². The molecule has 0 heterocycles. The van der Waals surface area contributed by atoms with E-state index in [2.05, 4.69) is 40.3 Å². The fraction of sp³-hybridized carbons (Fsp3) is 0.385. The molecule has 0 aliphatic heterocycles. The number of carboxylic acid groups (broad SMARTS) is 2. The minimum atomic E-state index is -1.82. The van der Waals surface area contributed by atoms with E-state index in [1.54, 1.807) is 7.11 Å². The molecular formula is C13H18BrNO5. The maximum absolute atomic E-state index is 9.10. The summed E-state index contributed by atoms with van der Waals surface area (Å²) in [6.45, 7) is 3.72. The van der Waals surface area contributed by atoms with Crippen molar-refractivity contribution in [2.24, 2.45) is 0 Å². The van der Waals surface area contributed by atoms with Crippen LogP contribution in [-0.2, 0) is 20.9 Å². The Balaban J connectivity index is 0.000000511. The first-order valence-electron chi connectivity index (χ1n) is 5.80. The molecule has 1 rings (SSSR count). The fourth-order valence-corrected chi connectivity index (χ4v) is 1.66. The van der Waals surface area contributed by atoms with Crippen LogP contribution < -0.4 is 5.32 Å². The molecule has 6 nitrogen and oxygen atoms in total. The normalized spacial score (nSPS) is 11.2. The number of rotatable bonds is 5. The number of hydrogen-bond donors (Lipinski definition) is 3. The Morgan fingerprint density at radius 1 is 1.30 bits per heavy atom. The minimum absolute atomic E-state index is 0.382. The van der Waals surface area contributed by atoms with E-state index in [-0.39, 0.29) is 0 Å². The summed E-state index contributed by atoms with van der Waals surface area (Å²) in [7, 11) is 1.72. The average Bonchev–Trinajstić information content (AvgIpc) is 2.39. The molecule has 0 aliphatic carbocycles. The minimum Gasteiger partial charge on any atom is -0.473 e. The molecule has 0 radical (unpaired) electrons. The summed E-state index contributed by atoms with van der Waals surface area (Å²) in [4.78, 5) is 18.2. The Morgan fingerprint density at radius 2 is 1.85 bits per heavy atom. The monoisotopic (exact) mass is 347 g/mol. The van der Waals surface area contributed by atoms with Gasteiger partial charge in [0.05, 0.1) is 6.61 Å². The van der Waals surface area contributed by atoms with E-state index >= 15 is 0 Å². The second-order valence-corrected chi connectivity index (χ2v) is 4.79. The predicted octanol–water partition coefficient (Wildman–Crippen LogP) is 1.73. The third-order valence-corrected chi connectivity index (χ3v) is 2.97. The number of methoxy groups -OCH3 is 1. The average molecular weight is 348 g/mol. The van der Waals surface area contributed by atoms with Crippen molar-refractivity contribution < 1.29 is 24.5 Å². The lowest BCUT2D eigenvalue weighted by atomic mass is 10.2. The smallest absolute Gasteiger partial charge is 0.414 e. The lowest BCUT2D eigenvalue weighted by molar-refractivity contribution is -0.159. The number of nitrogens with one attached hydrogen (secondary N) is 1. The third kappa shape index (κ3) is 8.63. The van der Waals surface area contributed by atoms with E-state index in [4.69, 9.17) is 24.5 Å². The molecule has 1 aromatic carbocycles. The van der Waals surface area contributed by atoms with Gasteiger partial charge in [-0.15, -0.1) is 0 Å². The second kappa shape index (κ2) is 10.4. The lowest BCUT2D eigenvalue weighted by Gasteiger charge is -2.13. The van der Waals surface area contributed by atoms with Gasteiger partial charge < -0.3 is 20.3 Å². The molecule has 0 fully saturated rings. The van der Waals surface area contributed by atoms with Crippen LogP contribution in [0.4, 0.5) is 0 Å². The third-order valence-electron chi connectivity index (χ3n) is 2.20. The van der Waals surface area contributed by atoms with Gasteiger partial charge in [0.25, 0.3) is 0 Å². The summed E-state index contributed by atoms with van der Waals surface area (Å²) in [5.74, 6) is -3.65. The van der Waals surface area contributed by atoms with E-state index in [0.29, 0.717) is 6.04 Å². The number of carbonyl (C=O) groups is 2. The zero-order valence-corrected chi connectivity index (χ0v) is 12.9. The summed E-state index contributed by atoms with van der Waals surface area (Å²) >= 11 is 3.51. The summed E-state index contributed by atoms with van der Waals surface area (Å²) in [6.07, 6.45) is 0. The Bertz CT molecular complexity index is 427. The van der Waals surface area contributed by atoms with E-state index < -0.39 is 11.9 Å². The van der Waals surface area contributed by atoms with E-state index in [9.17, 15) is 0 Å². The number of halogens is 1. The topological polar surface area (TPSA) is 95.9 Å². The van der Waals surface area contributed by atoms with Gasteiger partial charge in [-0.3, -0.25) is 0 Å². The molecule has 0 bridgehead atoms. The van der Waals surface area contributed by atoms with E-state index in [1.807, 2.05) is 12.1 Å². The predicted molar refractivity (Wildman–Crippen MR) is 77.6 cm³/mol. The molecule has 0 aliphatic rings. The van der Waals surface area contributed by atoms with Crippen LogP contribution in [0.3, 0.4) is 0 Å². The number of hydrogen-bond acceptors (Lipinski definition) is 4. The van der Waals surface area contributed by atoms with Gasteiger partial charge in [0, 0.05) is 24.2 Å². The first-order chi connectivity index (χ1) is 9.38. The zero-order valence-electron chi connectivity index (χ0n) is 11.3. The quantitative estimate of drug-likeness (QED) is 0.702. The van der Waals surface area contributed by atoms with E-state index in [1.165, 1.54) is 5.56 Å². The van der Waals surface area contributed by atoms with Gasteiger partial charge in [0.1, 0.15) is 0 Å². The molecule has 1 unspecified atom stereocenters. The Kier molecular flexibility index (Phi) is 9.61. The molecule has 7 heteroatoms. The molecule has 0 aromatic heterocycles. The maximum Gasteiger partial charge on any atom is 0.414 e. The number of ether oxygens (including phenoxy) is 1. The molecule has 20 heavy (non-hydrogen) atoms. The fourth-order valence-electron chi connectivity index (χ4n) is 1.23. The second-order valence-electron chi connectivity index (χ2n) is 3.94. The highest BCUT2D eigenvalue weighted by Crippen LogP contribution is 2.15. The molecule has 0 saturated heterocycles. The molecule has 112 valence electrons. The summed E-state index contributed by atoms with van der Waals surface area (Å²) in [5, 5.41) is 18.2. The highest BCUT2D eigenvalue weighted by atomic mass is 79.9. The van der Waals surface area contributed by atoms with Crippen molar-refractivity contribution in [2.75, 3.05) is 13.7 Å². The van der Waals surface area contributed by atoms with Gasteiger partial charge in [0.2, 0.25) is 0 Å². The van der Waals surface area contributed by atoms with Crippen molar-refractivity contribution in [1.82, 2.24) is 5.32 Å². The van der Waals surface area contributed by atoms with Gasteiger partial charge in [-0.05, 0) is 18.6 Å². The van der Waals surface area contributed by atoms with Gasteiger partial charge in [-0.25, -0.2) is 9.59 Å². The summed E-state index contributed by atoms with van der Waals surface area (Å²) in [5.41, 5.74) is 1.27. The Labute approximate surface area is 125 Å². The standard InChI is InChI=1S/C11H16BrNO.C2H2O4/c1-9(8-14-2)13-7-10-5-3-4-6-11(10)12;3-1(4)2(5)6/h3-6,9,13H,7-8H2,1-2H3;(H,3,4)(H,5,6). The van der Waals surface area contributed by atoms with Crippen LogP contribution in [0.5, 0.6) is 0 Å². The highest BCUT2D eigenvalue weighted by Gasteiger charge is 2.04. The van der Waals surface area contributed by atoms with Crippen molar-refractivity contribution in [3.05, 3.63) is 34.3 Å². The van der Waals surface area contributed by atoms with Crippen molar-refractivity contribution in [1.29, 1.82) is 0 Å². The number of benzene rings is 1. The maximum atomic E-state index is 9.10. The largest absolute Gasteiger partial charge is 0.473 e. The molecule has 1 atom stereocenters. The number of aliphatic carboxylic acids is 2. The van der Waals surface area contributed by atoms with Crippen molar-refractivity contribution in [3.63, 3.8) is 0 Å². The Morgan fingerprint density at radius 3 is 2.30 bits per heavy atom. The number of carboxylic acids is 2. The zero-order chi connectivity index (χ0) is 15.5. The Hall–Kier alpha value is -1.44. The molecule has 0 spiro atoms. The molecule has 0 amide bonds. The van der Waals surface area contributed by atoms with Crippen LogP contribution in [0, 0.1) is 0 Å². The van der Waals surface area contributed by atoms with Crippen LogP contribution in [0.15, 0.2) is 28.7 Å². The van der Waals surface area contributed by atoms with Crippen molar-refractivity contribution in [2.45, 2.75) is 19.5 Å². The summed E-state index contributed by atoms with van der Waals surface area (Å²) < 4.78 is 6.20. The van der Waals surface area contributed by atoms with Gasteiger partial charge in [-0.1, -0.05) is 34.1 Å². The first kappa shape index (κ1) is 18.6. The van der Waals surface area contributed by atoms with Crippen LogP contribution >= 0.6 is 15.9 Å². The molecule has 1 aromatic rings. The van der Waals surface area contributed by atoms with Gasteiger partial charge in [-0.2, -0.15) is 0 Å².